The van der Waals surface area contributed by atoms with E-state index < -0.39 is 0 Å². The van der Waals surface area contributed by atoms with Crippen molar-refractivity contribution < 1.29 is 14.3 Å². The molecule has 0 fully saturated rings. The number of hydrogen-bond donors (Lipinski definition) is 2. The molecule has 1 atom stereocenters. The van der Waals surface area contributed by atoms with Crippen LogP contribution >= 0.6 is 0 Å². The van der Waals surface area contributed by atoms with E-state index >= 15 is 0 Å². The summed E-state index contributed by atoms with van der Waals surface area (Å²) in [7, 11) is 3.19. The fourth-order valence-electron chi connectivity index (χ4n) is 2.36. The van der Waals surface area contributed by atoms with E-state index in [-0.39, 0.29) is 18.5 Å². The van der Waals surface area contributed by atoms with Gasteiger partial charge in [0, 0.05) is 12.6 Å². The van der Waals surface area contributed by atoms with Crippen LogP contribution in [0.1, 0.15) is 24.1 Å². The van der Waals surface area contributed by atoms with Gasteiger partial charge in [-0.25, -0.2) is 0 Å². The fourth-order valence-corrected chi connectivity index (χ4v) is 2.36. The summed E-state index contributed by atoms with van der Waals surface area (Å²) in [5.74, 6) is 1.28. The Balaban J connectivity index is 1.81. The van der Waals surface area contributed by atoms with Crippen LogP contribution in [0.4, 0.5) is 0 Å². The van der Waals surface area contributed by atoms with Crippen LogP contribution in [0.15, 0.2) is 48.5 Å². The Morgan fingerprint density at radius 1 is 1.04 bits per heavy atom. The lowest BCUT2D eigenvalue weighted by atomic mass is 10.1. The van der Waals surface area contributed by atoms with Crippen LogP contribution < -0.4 is 20.1 Å². The van der Waals surface area contributed by atoms with Crippen LogP contribution in [0.2, 0.25) is 0 Å². The molecule has 5 heteroatoms. The van der Waals surface area contributed by atoms with Crippen LogP contribution in [-0.4, -0.2) is 26.7 Å². The van der Waals surface area contributed by atoms with E-state index in [1.165, 1.54) is 0 Å². The van der Waals surface area contributed by atoms with E-state index in [0.717, 1.165) is 11.1 Å². The Morgan fingerprint density at radius 2 is 1.75 bits per heavy atom. The number of carbonyl (C=O) groups excluding carboxylic acids is 1. The molecule has 2 rings (SSSR count). The maximum Gasteiger partial charge on any atom is 0.234 e. The van der Waals surface area contributed by atoms with Gasteiger partial charge in [0.25, 0.3) is 0 Å². The summed E-state index contributed by atoms with van der Waals surface area (Å²) in [6, 6.07) is 15.8. The highest BCUT2D eigenvalue weighted by molar-refractivity contribution is 5.78. The first kappa shape index (κ1) is 17.8. The van der Waals surface area contributed by atoms with Gasteiger partial charge in [0.2, 0.25) is 5.91 Å². The van der Waals surface area contributed by atoms with Crippen LogP contribution in [0.25, 0.3) is 0 Å². The maximum atomic E-state index is 12.0. The Kier molecular flexibility index (Phi) is 6.63. The number of rotatable bonds is 8. The molecule has 0 aliphatic rings. The van der Waals surface area contributed by atoms with Crippen LogP contribution in [-0.2, 0) is 11.3 Å². The van der Waals surface area contributed by atoms with Gasteiger partial charge in [-0.1, -0.05) is 36.4 Å². The second-order valence-electron chi connectivity index (χ2n) is 5.48. The van der Waals surface area contributed by atoms with Gasteiger partial charge in [-0.05, 0) is 30.2 Å². The lowest BCUT2D eigenvalue weighted by Crippen LogP contribution is -2.34. The summed E-state index contributed by atoms with van der Waals surface area (Å²) in [5, 5.41) is 6.12. The van der Waals surface area contributed by atoms with Gasteiger partial charge in [-0.15, -0.1) is 0 Å². The van der Waals surface area contributed by atoms with E-state index in [9.17, 15) is 4.79 Å². The zero-order valence-corrected chi connectivity index (χ0v) is 14.3. The molecular formula is C19H24N2O3. The molecule has 0 aliphatic carbocycles. The highest BCUT2D eigenvalue weighted by Crippen LogP contribution is 2.27. The number of methoxy groups -OCH3 is 2. The average Bonchev–Trinajstić information content (AvgIpc) is 2.64. The fraction of sp³-hybridized carbons (Fsp3) is 0.316. The maximum absolute atomic E-state index is 12.0. The third kappa shape index (κ3) is 4.99. The van der Waals surface area contributed by atoms with Crippen LogP contribution in [0.5, 0.6) is 11.5 Å². The Morgan fingerprint density at radius 3 is 2.42 bits per heavy atom. The van der Waals surface area contributed by atoms with Crippen molar-refractivity contribution in [2.24, 2.45) is 0 Å². The van der Waals surface area contributed by atoms with E-state index in [0.29, 0.717) is 18.0 Å². The van der Waals surface area contributed by atoms with Crippen molar-refractivity contribution in [3.63, 3.8) is 0 Å². The molecule has 0 saturated carbocycles. The average molecular weight is 328 g/mol. The molecule has 24 heavy (non-hydrogen) atoms. The minimum absolute atomic E-state index is 0.0485. The summed E-state index contributed by atoms with van der Waals surface area (Å²) in [5.41, 5.74) is 2.11. The molecule has 1 amide bonds. The summed E-state index contributed by atoms with van der Waals surface area (Å²) < 4.78 is 10.5. The molecule has 2 N–H and O–H groups in total. The summed E-state index contributed by atoms with van der Waals surface area (Å²) in [4.78, 5) is 12.0. The van der Waals surface area contributed by atoms with Crippen molar-refractivity contribution in [3.05, 3.63) is 59.7 Å². The molecule has 0 heterocycles. The first-order valence-electron chi connectivity index (χ1n) is 7.90. The molecule has 0 aliphatic heterocycles. The molecule has 0 radical (unpaired) electrons. The molecule has 0 saturated heterocycles. The van der Waals surface area contributed by atoms with Gasteiger partial charge in [0.15, 0.2) is 11.5 Å². The van der Waals surface area contributed by atoms with E-state index in [1.807, 2.05) is 55.5 Å². The Hall–Kier alpha value is -2.53. The van der Waals surface area contributed by atoms with Crippen molar-refractivity contribution in [3.8, 4) is 11.5 Å². The minimum atomic E-state index is -0.0485. The van der Waals surface area contributed by atoms with Gasteiger partial charge < -0.3 is 20.1 Å². The van der Waals surface area contributed by atoms with E-state index in [1.54, 1.807) is 14.2 Å². The molecule has 0 unspecified atom stereocenters. The van der Waals surface area contributed by atoms with Crippen molar-refractivity contribution in [1.82, 2.24) is 10.6 Å². The smallest absolute Gasteiger partial charge is 0.234 e. The number of amides is 1. The minimum Gasteiger partial charge on any atom is -0.493 e. The topological polar surface area (TPSA) is 59.6 Å². The standard InChI is InChI=1S/C19H24N2O3/c1-14(16-7-5-4-6-8-16)20-13-19(22)21-12-15-9-10-17(23-2)18(11-15)24-3/h4-11,14,20H,12-13H2,1-3H3,(H,21,22)/t14-/m1/s1. The number of nitrogens with one attached hydrogen (secondary N) is 2. The largest absolute Gasteiger partial charge is 0.493 e. The molecule has 0 aromatic heterocycles. The number of hydrogen-bond acceptors (Lipinski definition) is 4. The number of carbonyl (C=O) groups is 1. The van der Waals surface area contributed by atoms with E-state index in [4.69, 9.17) is 9.47 Å². The highest BCUT2D eigenvalue weighted by Gasteiger charge is 2.08. The predicted molar refractivity (Wildman–Crippen MR) is 94.3 cm³/mol. The first-order chi connectivity index (χ1) is 11.6. The summed E-state index contributed by atoms with van der Waals surface area (Å²) >= 11 is 0. The third-order valence-corrected chi connectivity index (χ3v) is 3.81. The van der Waals surface area contributed by atoms with Gasteiger partial charge in [-0.3, -0.25) is 4.79 Å². The van der Waals surface area contributed by atoms with Gasteiger partial charge >= 0.3 is 0 Å². The second kappa shape index (κ2) is 8.93. The second-order valence-corrected chi connectivity index (χ2v) is 5.48. The van der Waals surface area contributed by atoms with Crippen molar-refractivity contribution in [1.29, 1.82) is 0 Å². The number of ether oxygens (including phenoxy) is 2. The lowest BCUT2D eigenvalue weighted by molar-refractivity contribution is -0.120. The SMILES string of the molecule is COc1ccc(CNC(=O)CN[C@H](C)c2ccccc2)cc1OC. The van der Waals surface area contributed by atoms with Gasteiger partial charge in [0.05, 0.1) is 20.8 Å². The van der Waals surface area contributed by atoms with E-state index in [2.05, 4.69) is 10.6 Å². The van der Waals surface area contributed by atoms with Crippen molar-refractivity contribution in [2.45, 2.75) is 19.5 Å². The van der Waals surface area contributed by atoms with Gasteiger partial charge in [0.1, 0.15) is 0 Å². The normalized spacial score (nSPS) is 11.6. The zero-order chi connectivity index (χ0) is 17.4. The van der Waals surface area contributed by atoms with Gasteiger partial charge in [-0.2, -0.15) is 0 Å². The van der Waals surface area contributed by atoms with Crippen LogP contribution in [0.3, 0.4) is 0 Å². The highest BCUT2D eigenvalue weighted by atomic mass is 16.5. The quantitative estimate of drug-likeness (QED) is 0.782. The van der Waals surface area contributed by atoms with Crippen molar-refractivity contribution >= 4 is 5.91 Å². The summed E-state index contributed by atoms with van der Waals surface area (Å²) in [6.45, 7) is 2.75. The first-order valence-corrected chi connectivity index (χ1v) is 7.90. The Labute approximate surface area is 143 Å². The number of benzene rings is 2. The summed E-state index contributed by atoms with van der Waals surface area (Å²) in [6.07, 6.45) is 0. The predicted octanol–water partition coefficient (Wildman–Crippen LogP) is 2.67. The van der Waals surface area contributed by atoms with Crippen LogP contribution in [0, 0.1) is 0 Å². The molecule has 128 valence electrons. The molecular weight excluding hydrogens is 304 g/mol. The molecule has 5 nitrogen and oxygen atoms in total. The molecule has 2 aromatic rings. The third-order valence-electron chi connectivity index (χ3n) is 3.81. The monoisotopic (exact) mass is 328 g/mol. The molecule has 0 bridgehead atoms. The molecule has 2 aromatic carbocycles. The Bertz CT molecular complexity index is 659. The molecule has 0 spiro atoms. The van der Waals surface area contributed by atoms with Crippen molar-refractivity contribution in [2.75, 3.05) is 20.8 Å². The zero-order valence-electron chi connectivity index (χ0n) is 14.3. The lowest BCUT2D eigenvalue weighted by Gasteiger charge is -2.14.